The summed E-state index contributed by atoms with van der Waals surface area (Å²) < 4.78 is 0. The van der Waals surface area contributed by atoms with E-state index in [0.29, 0.717) is 18.7 Å². The van der Waals surface area contributed by atoms with Crippen molar-refractivity contribution in [2.75, 3.05) is 16.8 Å². The summed E-state index contributed by atoms with van der Waals surface area (Å²) in [6.45, 7) is 2.93. The Morgan fingerprint density at radius 3 is 2.72 bits per heavy atom. The predicted molar refractivity (Wildman–Crippen MR) is 97.6 cm³/mol. The Morgan fingerprint density at radius 2 is 2.08 bits per heavy atom. The van der Waals surface area contributed by atoms with Gasteiger partial charge in [0.2, 0.25) is 5.91 Å². The van der Waals surface area contributed by atoms with Crippen LogP contribution < -0.4 is 15.5 Å². The first kappa shape index (κ1) is 17.2. The van der Waals surface area contributed by atoms with Crippen LogP contribution in [0.5, 0.6) is 0 Å². The molecule has 1 aromatic heterocycles. The van der Waals surface area contributed by atoms with Crippen LogP contribution in [-0.2, 0) is 20.9 Å². The van der Waals surface area contributed by atoms with Crippen LogP contribution in [0.25, 0.3) is 0 Å². The first-order chi connectivity index (χ1) is 12.0. The molecule has 0 saturated carbocycles. The third-order valence-corrected chi connectivity index (χ3v) is 4.90. The van der Waals surface area contributed by atoms with Gasteiger partial charge in [0.05, 0.1) is 6.54 Å². The van der Waals surface area contributed by atoms with E-state index in [4.69, 9.17) is 0 Å². The molecule has 25 heavy (non-hydrogen) atoms. The van der Waals surface area contributed by atoms with Gasteiger partial charge in [-0.15, -0.1) is 11.3 Å². The van der Waals surface area contributed by atoms with Crippen LogP contribution in [0.15, 0.2) is 35.7 Å². The van der Waals surface area contributed by atoms with Gasteiger partial charge in [0.15, 0.2) is 0 Å². The van der Waals surface area contributed by atoms with E-state index < -0.39 is 11.8 Å². The van der Waals surface area contributed by atoms with Crippen LogP contribution in [0.1, 0.15) is 23.3 Å². The number of hydrogen-bond donors (Lipinski definition) is 2. The van der Waals surface area contributed by atoms with Gasteiger partial charge in [0, 0.05) is 29.2 Å². The van der Waals surface area contributed by atoms with Crippen molar-refractivity contribution in [3.8, 4) is 0 Å². The molecular formula is C18H19N3O3S. The van der Waals surface area contributed by atoms with Crippen molar-refractivity contribution in [3.63, 3.8) is 0 Å². The lowest BCUT2D eigenvalue weighted by Gasteiger charge is -2.19. The number of anilines is 2. The SMILES string of the molecule is Cc1cc(NC(=O)C(=O)NCc2cccs2)ccc1N1CCCC1=O. The second-order valence-electron chi connectivity index (χ2n) is 5.87. The van der Waals surface area contributed by atoms with E-state index in [-0.39, 0.29) is 5.91 Å². The van der Waals surface area contributed by atoms with Gasteiger partial charge < -0.3 is 15.5 Å². The maximum atomic E-state index is 12.0. The summed E-state index contributed by atoms with van der Waals surface area (Å²) in [6.07, 6.45) is 1.43. The van der Waals surface area contributed by atoms with Gasteiger partial charge in [0.25, 0.3) is 0 Å². The van der Waals surface area contributed by atoms with E-state index in [0.717, 1.165) is 29.1 Å². The fourth-order valence-electron chi connectivity index (χ4n) is 2.79. The van der Waals surface area contributed by atoms with Crippen LogP contribution in [0.4, 0.5) is 11.4 Å². The zero-order valence-electron chi connectivity index (χ0n) is 13.9. The molecule has 0 radical (unpaired) electrons. The standard InChI is InChI=1S/C18H19N3O3S/c1-12-10-13(6-7-15(12)21-8-2-5-16(21)22)20-18(24)17(23)19-11-14-4-3-9-25-14/h3-4,6-7,9-10H,2,5,8,11H2,1H3,(H,19,23)(H,20,24). The second-order valence-corrected chi connectivity index (χ2v) is 6.90. The third kappa shape index (κ3) is 4.06. The van der Waals surface area contributed by atoms with Crippen molar-refractivity contribution in [2.24, 2.45) is 0 Å². The van der Waals surface area contributed by atoms with Gasteiger partial charge in [-0.25, -0.2) is 0 Å². The number of nitrogens with zero attached hydrogens (tertiary/aromatic N) is 1. The van der Waals surface area contributed by atoms with Crippen molar-refractivity contribution >= 4 is 40.4 Å². The highest BCUT2D eigenvalue weighted by molar-refractivity contribution is 7.09. The molecule has 0 aliphatic carbocycles. The molecule has 1 aromatic carbocycles. The fourth-order valence-corrected chi connectivity index (χ4v) is 3.43. The predicted octanol–water partition coefficient (Wildman–Crippen LogP) is 2.44. The Morgan fingerprint density at radius 1 is 1.24 bits per heavy atom. The lowest BCUT2D eigenvalue weighted by Crippen LogP contribution is -2.34. The number of hydrogen-bond acceptors (Lipinski definition) is 4. The number of rotatable bonds is 4. The number of aryl methyl sites for hydroxylation is 1. The van der Waals surface area contributed by atoms with E-state index in [9.17, 15) is 14.4 Å². The first-order valence-corrected chi connectivity index (χ1v) is 8.95. The normalized spacial score (nSPS) is 13.8. The molecule has 2 aromatic rings. The lowest BCUT2D eigenvalue weighted by molar-refractivity contribution is -0.136. The van der Waals surface area contributed by atoms with Crippen LogP contribution in [0.3, 0.4) is 0 Å². The van der Waals surface area contributed by atoms with E-state index >= 15 is 0 Å². The number of nitrogens with one attached hydrogen (secondary N) is 2. The van der Waals surface area contributed by atoms with Crippen LogP contribution in [0.2, 0.25) is 0 Å². The second kappa shape index (κ2) is 7.48. The van der Waals surface area contributed by atoms with Crippen molar-refractivity contribution in [1.82, 2.24) is 5.32 Å². The minimum absolute atomic E-state index is 0.118. The molecule has 2 heterocycles. The molecule has 1 fully saturated rings. The average molecular weight is 357 g/mol. The zero-order chi connectivity index (χ0) is 17.8. The Bertz CT molecular complexity index is 802. The molecule has 130 valence electrons. The van der Waals surface area contributed by atoms with Gasteiger partial charge >= 0.3 is 11.8 Å². The van der Waals surface area contributed by atoms with Gasteiger partial charge in [0.1, 0.15) is 0 Å². The minimum Gasteiger partial charge on any atom is -0.343 e. The Labute approximate surface area is 149 Å². The summed E-state index contributed by atoms with van der Waals surface area (Å²) in [5.41, 5.74) is 2.26. The number of thiophene rings is 1. The molecule has 0 spiro atoms. The van der Waals surface area contributed by atoms with Gasteiger partial charge in [-0.05, 0) is 48.6 Å². The lowest BCUT2D eigenvalue weighted by atomic mass is 10.1. The molecular weight excluding hydrogens is 338 g/mol. The molecule has 3 rings (SSSR count). The highest BCUT2D eigenvalue weighted by atomic mass is 32.1. The topological polar surface area (TPSA) is 78.5 Å². The van der Waals surface area contributed by atoms with Crippen LogP contribution in [0, 0.1) is 6.92 Å². The summed E-state index contributed by atoms with van der Waals surface area (Å²) in [5, 5.41) is 7.09. The highest BCUT2D eigenvalue weighted by Gasteiger charge is 2.23. The van der Waals surface area contributed by atoms with Crippen molar-refractivity contribution in [3.05, 3.63) is 46.2 Å². The molecule has 6 nitrogen and oxygen atoms in total. The molecule has 1 aliphatic rings. The van der Waals surface area contributed by atoms with Crippen LogP contribution in [-0.4, -0.2) is 24.3 Å². The summed E-state index contributed by atoms with van der Waals surface area (Å²) in [5.74, 6) is -1.27. The maximum absolute atomic E-state index is 12.0. The Balaban J connectivity index is 1.60. The third-order valence-electron chi connectivity index (χ3n) is 4.03. The minimum atomic E-state index is -0.707. The number of amides is 3. The van der Waals surface area contributed by atoms with Gasteiger partial charge in [-0.3, -0.25) is 14.4 Å². The summed E-state index contributed by atoms with van der Waals surface area (Å²) in [7, 11) is 0. The van der Waals surface area contributed by atoms with E-state index in [1.54, 1.807) is 23.1 Å². The molecule has 0 unspecified atom stereocenters. The summed E-state index contributed by atoms with van der Waals surface area (Å²) in [6, 6.07) is 9.06. The van der Waals surface area contributed by atoms with Crippen molar-refractivity contribution in [2.45, 2.75) is 26.3 Å². The van der Waals surface area contributed by atoms with Gasteiger partial charge in [-0.1, -0.05) is 6.07 Å². The molecule has 2 N–H and O–H groups in total. The quantitative estimate of drug-likeness (QED) is 0.825. The Kier molecular flexibility index (Phi) is 5.14. The molecule has 0 bridgehead atoms. The largest absolute Gasteiger partial charge is 0.343 e. The van der Waals surface area contributed by atoms with E-state index in [2.05, 4.69) is 10.6 Å². The molecule has 0 atom stereocenters. The average Bonchev–Trinajstić information content (AvgIpc) is 3.24. The van der Waals surface area contributed by atoms with E-state index in [1.165, 1.54) is 11.3 Å². The number of benzene rings is 1. The number of carbonyl (C=O) groups excluding carboxylic acids is 3. The Hall–Kier alpha value is -2.67. The van der Waals surface area contributed by atoms with Crippen molar-refractivity contribution < 1.29 is 14.4 Å². The summed E-state index contributed by atoms with van der Waals surface area (Å²) >= 11 is 1.52. The maximum Gasteiger partial charge on any atom is 0.313 e. The first-order valence-electron chi connectivity index (χ1n) is 8.07. The van der Waals surface area contributed by atoms with Gasteiger partial charge in [-0.2, -0.15) is 0 Å². The highest BCUT2D eigenvalue weighted by Crippen LogP contribution is 2.27. The summed E-state index contributed by atoms with van der Waals surface area (Å²) in [4.78, 5) is 38.5. The molecule has 3 amide bonds. The van der Waals surface area contributed by atoms with Crippen molar-refractivity contribution in [1.29, 1.82) is 0 Å². The smallest absolute Gasteiger partial charge is 0.313 e. The van der Waals surface area contributed by atoms with Crippen LogP contribution >= 0.6 is 11.3 Å². The zero-order valence-corrected chi connectivity index (χ0v) is 14.7. The molecule has 1 saturated heterocycles. The molecule has 7 heteroatoms. The monoisotopic (exact) mass is 357 g/mol. The van der Waals surface area contributed by atoms with E-state index in [1.807, 2.05) is 24.4 Å². The number of carbonyl (C=O) groups is 3. The fraction of sp³-hybridized carbons (Fsp3) is 0.278. The molecule has 1 aliphatic heterocycles.